The summed E-state index contributed by atoms with van der Waals surface area (Å²) in [6.07, 6.45) is 5.71. The van der Waals surface area contributed by atoms with Crippen LogP contribution in [0.1, 0.15) is 39.0 Å². The maximum atomic E-state index is 12.0. The molecule has 0 aromatic heterocycles. The van der Waals surface area contributed by atoms with Gasteiger partial charge in [-0.15, -0.1) is 0 Å². The van der Waals surface area contributed by atoms with E-state index in [2.05, 4.69) is 5.32 Å². The number of ether oxygens (including phenoxy) is 1. The molecule has 0 bridgehead atoms. The lowest BCUT2D eigenvalue weighted by Crippen LogP contribution is -2.41. The van der Waals surface area contributed by atoms with Crippen LogP contribution in [-0.4, -0.2) is 45.6 Å². The van der Waals surface area contributed by atoms with Crippen molar-refractivity contribution >= 4 is 15.8 Å². The maximum Gasteiger partial charge on any atom is 0.321 e. The molecule has 1 fully saturated rings. The van der Waals surface area contributed by atoms with Crippen molar-refractivity contribution in [1.29, 1.82) is 0 Å². The number of nitrogens with one attached hydrogen (secondary N) is 1. The van der Waals surface area contributed by atoms with Crippen LogP contribution in [0.4, 0.5) is 0 Å². The quantitative estimate of drug-likeness (QED) is 0.712. The number of carbonyl (C=O) groups is 1. The van der Waals surface area contributed by atoms with E-state index in [0.29, 0.717) is 5.92 Å². The standard InChI is InChI=1S/C13H25NO4S/c1-3-18-13(15)10-19(16,17)9-12(14-2)11-7-5-4-6-8-11/h11-12,14H,3-10H2,1-2H3. The van der Waals surface area contributed by atoms with Crippen molar-refractivity contribution in [2.75, 3.05) is 25.2 Å². The molecule has 1 saturated carbocycles. The van der Waals surface area contributed by atoms with Gasteiger partial charge in [0.25, 0.3) is 0 Å². The molecule has 0 aromatic rings. The highest BCUT2D eigenvalue weighted by Crippen LogP contribution is 2.27. The van der Waals surface area contributed by atoms with Gasteiger partial charge in [-0.1, -0.05) is 19.3 Å². The molecule has 0 radical (unpaired) electrons. The zero-order valence-corrected chi connectivity index (χ0v) is 12.7. The molecule has 19 heavy (non-hydrogen) atoms. The Balaban J connectivity index is 2.55. The van der Waals surface area contributed by atoms with Crippen LogP contribution in [0, 0.1) is 5.92 Å². The third-order valence-corrected chi connectivity index (χ3v) is 5.21. The lowest BCUT2D eigenvalue weighted by molar-refractivity contribution is -0.139. The van der Waals surface area contributed by atoms with E-state index < -0.39 is 21.6 Å². The molecule has 1 N–H and O–H groups in total. The lowest BCUT2D eigenvalue weighted by Gasteiger charge is -2.29. The van der Waals surface area contributed by atoms with Gasteiger partial charge in [0.05, 0.1) is 12.4 Å². The Labute approximate surface area is 116 Å². The summed E-state index contributed by atoms with van der Waals surface area (Å²) in [5, 5.41) is 3.10. The number of hydrogen-bond donors (Lipinski definition) is 1. The zero-order chi connectivity index (χ0) is 14.3. The third kappa shape index (κ3) is 5.91. The first-order chi connectivity index (χ1) is 8.98. The first kappa shape index (κ1) is 16.4. The Bertz CT molecular complexity index is 374. The highest BCUT2D eigenvalue weighted by Gasteiger charge is 2.28. The highest BCUT2D eigenvalue weighted by atomic mass is 32.2. The predicted molar refractivity (Wildman–Crippen MR) is 74.7 cm³/mol. The fraction of sp³-hybridized carbons (Fsp3) is 0.923. The van der Waals surface area contributed by atoms with Crippen molar-refractivity contribution in [2.45, 2.75) is 45.1 Å². The fourth-order valence-corrected chi connectivity index (χ4v) is 4.25. The van der Waals surface area contributed by atoms with E-state index in [1.54, 1.807) is 14.0 Å². The Morgan fingerprint density at radius 1 is 1.32 bits per heavy atom. The molecule has 0 amide bonds. The molecule has 1 aliphatic carbocycles. The number of esters is 1. The van der Waals surface area contributed by atoms with E-state index in [9.17, 15) is 13.2 Å². The summed E-state index contributed by atoms with van der Waals surface area (Å²) < 4.78 is 28.7. The Morgan fingerprint density at radius 2 is 1.95 bits per heavy atom. The van der Waals surface area contributed by atoms with Crippen LogP contribution in [0.25, 0.3) is 0 Å². The van der Waals surface area contributed by atoms with Gasteiger partial charge in [0, 0.05) is 6.04 Å². The maximum absolute atomic E-state index is 12.0. The second kappa shape index (κ2) is 7.85. The Hall–Kier alpha value is -0.620. The van der Waals surface area contributed by atoms with Gasteiger partial charge < -0.3 is 10.1 Å². The van der Waals surface area contributed by atoms with Crippen molar-refractivity contribution in [2.24, 2.45) is 5.92 Å². The molecule has 0 aromatic carbocycles. The van der Waals surface area contributed by atoms with Crippen LogP contribution in [-0.2, 0) is 19.4 Å². The van der Waals surface area contributed by atoms with Crippen molar-refractivity contribution in [3.63, 3.8) is 0 Å². The summed E-state index contributed by atoms with van der Waals surface area (Å²) in [5.74, 6) is -0.740. The second-order valence-corrected chi connectivity index (χ2v) is 7.26. The highest BCUT2D eigenvalue weighted by molar-refractivity contribution is 7.92. The molecular formula is C13H25NO4S. The Morgan fingerprint density at radius 3 is 2.47 bits per heavy atom. The van der Waals surface area contributed by atoms with Crippen LogP contribution in [0.15, 0.2) is 0 Å². The van der Waals surface area contributed by atoms with E-state index in [4.69, 9.17) is 4.74 Å². The molecule has 1 rings (SSSR count). The molecule has 0 saturated heterocycles. The van der Waals surface area contributed by atoms with E-state index in [-0.39, 0.29) is 18.4 Å². The number of sulfone groups is 1. The topological polar surface area (TPSA) is 72.5 Å². The van der Waals surface area contributed by atoms with Crippen molar-refractivity contribution in [3.05, 3.63) is 0 Å². The van der Waals surface area contributed by atoms with Gasteiger partial charge in [-0.2, -0.15) is 0 Å². The van der Waals surface area contributed by atoms with Crippen LogP contribution in [0.2, 0.25) is 0 Å². The van der Waals surface area contributed by atoms with E-state index in [1.165, 1.54) is 19.3 Å². The summed E-state index contributed by atoms with van der Waals surface area (Å²) in [4.78, 5) is 11.3. The van der Waals surface area contributed by atoms with Crippen molar-refractivity contribution in [1.82, 2.24) is 5.32 Å². The summed E-state index contributed by atoms with van der Waals surface area (Å²) in [6.45, 7) is 1.88. The van der Waals surface area contributed by atoms with Crippen LogP contribution < -0.4 is 5.32 Å². The van der Waals surface area contributed by atoms with Gasteiger partial charge >= 0.3 is 5.97 Å². The minimum Gasteiger partial charge on any atom is -0.465 e. The van der Waals surface area contributed by atoms with Crippen LogP contribution in [0.3, 0.4) is 0 Å². The first-order valence-corrected chi connectivity index (χ1v) is 8.84. The second-order valence-electron chi connectivity index (χ2n) is 5.15. The molecule has 6 heteroatoms. The monoisotopic (exact) mass is 291 g/mol. The summed E-state index contributed by atoms with van der Waals surface area (Å²) in [5.41, 5.74) is 0. The normalized spacial score (nSPS) is 19.1. The number of hydrogen-bond acceptors (Lipinski definition) is 5. The van der Waals surface area contributed by atoms with Gasteiger partial charge in [0.1, 0.15) is 5.75 Å². The molecule has 0 spiro atoms. The minimum absolute atomic E-state index is 0.0208. The van der Waals surface area contributed by atoms with E-state index in [1.807, 2.05) is 0 Å². The largest absolute Gasteiger partial charge is 0.465 e. The zero-order valence-electron chi connectivity index (χ0n) is 11.9. The van der Waals surface area contributed by atoms with E-state index in [0.717, 1.165) is 12.8 Å². The molecular weight excluding hydrogens is 266 g/mol. The molecule has 1 atom stereocenters. The van der Waals surface area contributed by atoms with Gasteiger partial charge in [0.15, 0.2) is 9.84 Å². The molecule has 0 aliphatic heterocycles. The first-order valence-electron chi connectivity index (χ1n) is 7.02. The van der Waals surface area contributed by atoms with Gasteiger partial charge in [-0.25, -0.2) is 8.42 Å². The number of carbonyl (C=O) groups excluding carboxylic acids is 1. The summed E-state index contributed by atoms with van der Waals surface area (Å²) in [6, 6.07) is -0.0558. The molecule has 1 unspecified atom stereocenters. The van der Waals surface area contributed by atoms with Crippen LogP contribution >= 0.6 is 0 Å². The smallest absolute Gasteiger partial charge is 0.321 e. The SMILES string of the molecule is CCOC(=O)CS(=O)(=O)CC(NC)C1CCCCC1. The van der Waals surface area contributed by atoms with Crippen LogP contribution in [0.5, 0.6) is 0 Å². The fourth-order valence-electron chi connectivity index (χ4n) is 2.71. The van der Waals surface area contributed by atoms with Crippen molar-refractivity contribution in [3.8, 4) is 0 Å². The summed E-state index contributed by atoms with van der Waals surface area (Å²) in [7, 11) is -1.61. The predicted octanol–water partition coefficient (Wildman–Crippen LogP) is 1.13. The number of rotatable bonds is 7. The lowest BCUT2D eigenvalue weighted by atomic mass is 9.84. The molecule has 5 nitrogen and oxygen atoms in total. The van der Waals surface area contributed by atoms with E-state index >= 15 is 0 Å². The molecule has 1 aliphatic rings. The van der Waals surface area contributed by atoms with Crippen molar-refractivity contribution < 1.29 is 17.9 Å². The third-order valence-electron chi connectivity index (χ3n) is 3.67. The van der Waals surface area contributed by atoms with Gasteiger partial charge in [-0.3, -0.25) is 4.79 Å². The average molecular weight is 291 g/mol. The summed E-state index contributed by atoms with van der Waals surface area (Å²) >= 11 is 0. The molecule has 0 heterocycles. The van der Waals surface area contributed by atoms with Gasteiger partial charge in [-0.05, 0) is 32.7 Å². The van der Waals surface area contributed by atoms with Gasteiger partial charge in [0.2, 0.25) is 0 Å². The molecule has 112 valence electrons. The Kier molecular flexibility index (Phi) is 6.79. The minimum atomic E-state index is -3.40. The average Bonchev–Trinajstić information content (AvgIpc) is 2.36.